The Morgan fingerprint density at radius 1 is 1.35 bits per heavy atom. The fraction of sp³-hybridized carbons (Fsp3) is 0.731. The molecule has 2 bridgehead atoms. The van der Waals surface area contributed by atoms with Gasteiger partial charge in [-0.2, -0.15) is 0 Å². The van der Waals surface area contributed by atoms with Crippen molar-refractivity contribution >= 4 is 45.5 Å². The lowest BCUT2D eigenvalue weighted by molar-refractivity contribution is -0.154. The molecule has 37 heavy (non-hydrogen) atoms. The number of esters is 1. The quantitative estimate of drug-likeness (QED) is 0.155. The molecule has 0 radical (unpaired) electrons. The minimum Gasteiger partial charge on any atom is -0.465 e. The van der Waals surface area contributed by atoms with Gasteiger partial charge in [0.1, 0.15) is 6.04 Å². The number of thioether (sulfide) groups is 1. The second kappa shape index (κ2) is 12.2. The lowest BCUT2D eigenvalue weighted by Crippen LogP contribution is -2.58. The van der Waals surface area contributed by atoms with Crippen LogP contribution in [-0.4, -0.2) is 124 Å². The fourth-order valence-electron chi connectivity index (χ4n) is 6.22. The SMILES string of the molecule is C=CCCOC(=O)[C@H]1[C@H]2C(=O)N([C@H](C)CO)C(C(=O)N(CC=C)CCN3CCOCC3)C23CC(Br)[C@@H]1S3. The highest BCUT2D eigenvalue weighted by atomic mass is 79.9. The Balaban J connectivity index is 1.64. The maximum absolute atomic E-state index is 14.3. The molecule has 7 atom stereocenters. The largest absolute Gasteiger partial charge is 0.465 e. The van der Waals surface area contributed by atoms with E-state index in [0.717, 1.165) is 13.1 Å². The van der Waals surface area contributed by atoms with Crippen molar-refractivity contribution in [3.8, 4) is 0 Å². The standard InChI is InChI=1S/C26H38BrN3O6S/c1-4-6-12-36-25(34)19-20-23(32)30(17(3)16-31)22(26(20)15-18(27)21(19)37-26)24(33)29(7-5-2)9-8-28-10-13-35-14-11-28/h4-5,17-22,31H,1-2,6-16H2,3H3/t17-,18?,19+,20+,21+,22?,26?/m1/s1. The molecule has 0 aliphatic carbocycles. The van der Waals surface area contributed by atoms with Gasteiger partial charge in [0.25, 0.3) is 0 Å². The van der Waals surface area contributed by atoms with Crippen LogP contribution in [0.25, 0.3) is 0 Å². The second-order valence-corrected chi connectivity index (χ2v) is 12.9. The van der Waals surface area contributed by atoms with Crippen LogP contribution < -0.4 is 0 Å². The molecule has 1 N–H and O–H groups in total. The van der Waals surface area contributed by atoms with Gasteiger partial charge in [-0.15, -0.1) is 24.9 Å². The Labute approximate surface area is 231 Å². The summed E-state index contributed by atoms with van der Waals surface area (Å²) in [4.78, 5) is 47.1. The lowest BCUT2D eigenvalue weighted by Gasteiger charge is -2.39. The zero-order chi connectivity index (χ0) is 26.7. The van der Waals surface area contributed by atoms with E-state index < -0.39 is 34.6 Å². The van der Waals surface area contributed by atoms with Gasteiger partial charge in [0.2, 0.25) is 11.8 Å². The van der Waals surface area contributed by atoms with Gasteiger partial charge in [-0.1, -0.05) is 28.1 Å². The normalized spacial score (nSPS) is 33.8. The Morgan fingerprint density at radius 2 is 2.08 bits per heavy atom. The van der Waals surface area contributed by atoms with Crippen molar-refractivity contribution < 1.29 is 29.0 Å². The van der Waals surface area contributed by atoms with E-state index in [9.17, 15) is 19.5 Å². The second-order valence-electron chi connectivity index (χ2n) is 10.2. The van der Waals surface area contributed by atoms with Crippen molar-refractivity contribution in [2.75, 3.05) is 59.2 Å². The van der Waals surface area contributed by atoms with Crippen molar-refractivity contribution in [3.05, 3.63) is 25.3 Å². The molecule has 4 saturated heterocycles. The van der Waals surface area contributed by atoms with E-state index in [1.807, 2.05) is 0 Å². The number of morpholine rings is 1. The average Bonchev–Trinajstić information content (AvgIpc) is 3.49. The van der Waals surface area contributed by atoms with Gasteiger partial charge in [-0.25, -0.2) is 0 Å². The summed E-state index contributed by atoms with van der Waals surface area (Å²) in [6.07, 6.45) is 4.51. The summed E-state index contributed by atoms with van der Waals surface area (Å²) in [6, 6.07) is -1.34. The molecule has 0 aromatic rings. The predicted molar refractivity (Wildman–Crippen MR) is 145 cm³/mol. The van der Waals surface area contributed by atoms with E-state index in [0.29, 0.717) is 45.7 Å². The van der Waals surface area contributed by atoms with Gasteiger partial charge in [0.15, 0.2) is 0 Å². The molecule has 0 saturated carbocycles. The molecule has 1 spiro atoms. The van der Waals surface area contributed by atoms with Crippen LogP contribution in [0.2, 0.25) is 0 Å². The van der Waals surface area contributed by atoms with Crippen LogP contribution in [0.1, 0.15) is 19.8 Å². The van der Waals surface area contributed by atoms with E-state index in [2.05, 4.69) is 34.0 Å². The van der Waals surface area contributed by atoms with Gasteiger partial charge in [0, 0.05) is 42.8 Å². The van der Waals surface area contributed by atoms with Crippen molar-refractivity contribution in [3.63, 3.8) is 0 Å². The first-order valence-corrected chi connectivity index (χ1v) is 14.8. The maximum atomic E-state index is 14.3. The molecular weight excluding hydrogens is 562 g/mol. The van der Waals surface area contributed by atoms with Crippen molar-refractivity contribution in [1.29, 1.82) is 0 Å². The monoisotopic (exact) mass is 599 g/mol. The maximum Gasteiger partial charge on any atom is 0.310 e. The molecule has 9 nitrogen and oxygen atoms in total. The molecule has 0 aromatic heterocycles. The minimum absolute atomic E-state index is 0.0283. The number of likely N-dealkylation sites (tertiary alicyclic amines) is 1. The smallest absolute Gasteiger partial charge is 0.310 e. The highest BCUT2D eigenvalue weighted by Crippen LogP contribution is 2.68. The summed E-state index contributed by atoms with van der Waals surface area (Å²) in [5.41, 5.74) is 0. The number of alkyl halides is 1. The van der Waals surface area contributed by atoms with Gasteiger partial charge in [0.05, 0.1) is 49.1 Å². The van der Waals surface area contributed by atoms with Crippen LogP contribution in [0, 0.1) is 11.8 Å². The van der Waals surface area contributed by atoms with E-state index in [4.69, 9.17) is 9.47 Å². The summed E-state index contributed by atoms with van der Waals surface area (Å²) in [5.74, 6) is -2.11. The minimum atomic E-state index is -0.780. The first-order valence-electron chi connectivity index (χ1n) is 13.0. The van der Waals surface area contributed by atoms with Crippen LogP contribution in [0.4, 0.5) is 0 Å². The van der Waals surface area contributed by atoms with Crippen molar-refractivity contribution in [2.24, 2.45) is 11.8 Å². The average molecular weight is 601 g/mol. The molecule has 11 heteroatoms. The number of halogens is 1. The summed E-state index contributed by atoms with van der Waals surface area (Å²) < 4.78 is 10.2. The number of carbonyl (C=O) groups excluding carboxylic acids is 3. The number of rotatable bonds is 12. The van der Waals surface area contributed by atoms with Gasteiger partial charge in [-0.3, -0.25) is 19.3 Å². The number of nitrogens with zero attached hydrogens (tertiary/aromatic N) is 3. The van der Waals surface area contributed by atoms with Crippen LogP contribution in [0.3, 0.4) is 0 Å². The third kappa shape index (κ3) is 5.26. The first-order chi connectivity index (χ1) is 17.8. The number of ether oxygens (including phenoxy) is 2. The fourth-order valence-corrected chi connectivity index (χ4v) is 9.81. The third-order valence-corrected chi connectivity index (χ3v) is 11.2. The Morgan fingerprint density at radius 3 is 2.73 bits per heavy atom. The highest BCUT2D eigenvalue weighted by molar-refractivity contribution is 9.09. The summed E-state index contributed by atoms with van der Waals surface area (Å²) >= 11 is 5.33. The predicted octanol–water partition coefficient (Wildman–Crippen LogP) is 1.30. The molecule has 4 fully saturated rings. The van der Waals surface area contributed by atoms with E-state index in [1.54, 1.807) is 40.6 Å². The van der Waals surface area contributed by atoms with Crippen molar-refractivity contribution in [2.45, 2.75) is 46.7 Å². The van der Waals surface area contributed by atoms with E-state index in [-0.39, 0.29) is 35.1 Å². The summed E-state index contributed by atoms with van der Waals surface area (Å²) in [7, 11) is 0. The molecule has 206 valence electrons. The molecule has 4 aliphatic rings. The summed E-state index contributed by atoms with van der Waals surface area (Å²) in [6.45, 7) is 13.8. The van der Waals surface area contributed by atoms with Gasteiger partial charge >= 0.3 is 5.97 Å². The zero-order valence-corrected chi connectivity index (χ0v) is 23.8. The Bertz CT molecular complexity index is 902. The zero-order valence-electron chi connectivity index (χ0n) is 21.4. The number of hydrogen-bond acceptors (Lipinski definition) is 8. The Kier molecular flexibility index (Phi) is 9.43. The Hall–Kier alpha value is -1.40. The highest BCUT2D eigenvalue weighted by Gasteiger charge is 2.76. The lowest BCUT2D eigenvalue weighted by atomic mass is 9.71. The number of fused-ring (bicyclic) bond motifs is 1. The molecule has 3 unspecified atom stereocenters. The van der Waals surface area contributed by atoms with Crippen LogP contribution in [0.5, 0.6) is 0 Å². The number of hydrogen-bond donors (Lipinski definition) is 1. The van der Waals surface area contributed by atoms with Gasteiger partial charge < -0.3 is 24.4 Å². The molecule has 2 amide bonds. The van der Waals surface area contributed by atoms with Crippen LogP contribution >= 0.6 is 27.7 Å². The number of amides is 2. The summed E-state index contributed by atoms with van der Waals surface area (Å²) in [5, 5.41) is 9.90. The van der Waals surface area contributed by atoms with Crippen LogP contribution in [0.15, 0.2) is 25.3 Å². The topological polar surface area (TPSA) is 99.6 Å². The first kappa shape index (κ1) is 28.6. The van der Waals surface area contributed by atoms with Crippen molar-refractivity contribution in [1.82, 2.24) is 14.7 Å². The number of aliphatic hydroxyl groups is 1. The number of carbonyl (C=O) groups is 3. The van der Waals surface area contributed by atoms with Gasteiger partial charge in [-0.05, 0) is 19.8 Å². The van der Waals surface area contributed by atoms with E-state index >= 15 is 0 Å². The molecule has 4 rings (SSSR count). The van der Waals surface area contributed by atoms with E-state index in [1.165, 1.54) is 0 Å². The molecule has 0 aromatic carbocycles. The molecule has 4 aliphatic heterocycles. The van der Waals surface area contributed by atoms with Crippen LogP contribution in [-0.2, 0) is 23.9 Å². The third-order valence-electron chi connectivity index (χ3n) is 7.99. The number of aliphatic hydroxyl groups excluding tert-OH is 1. The molecular formula is C26H38BrN3O6S. The molecule has 4 heterocycles.